The number of rotatable bonds is 7. The molecule has 0 aliphatic carbocycles. The zero-order chi connectivity index (χ0) is 16.8. The Morgan fingerprint density at radius 1 is 1.27 bits per heavy atom. The maximum Gasteiger partial charge on any atom is 0.308 e. The number of carbonyl (C=O) groups excluding carboxylic acids is 1. The van der Waals surface area contributed by atoms with E-state index in [9.17, 15) is 13.2 Å². The number of benzene rings is 1. The van der Waals surface area contributed by atoms with Gasteiger partial charge in [-0.15, -0.1) is 0 Å². The predicted octanol–water partition coefficient (Wildman–Crippen LogP) is 1.93. The zero-order valence-corrected chi connectivity index (χ0v) is 13.7. The van der Waals surface area contributed by atoms with Crippen LogP contribution in [0.2, 0.25) is 0 Å². The van der Waals surface area contributed by atoms with Crippen molar-refractivity contribution < 1.29 is 17.9 Å². The standard InChI is InChI=1S/C15H20N2O4S/c1-11(2)13-4-6-14(7-5-13)22(19,20)17-9-8-15(18)21-12(3)10-16/h4-7,11-12,17H,8-9H2,1-3H3/t12-/m1/s1. The van der Waals surface area contributed by atoms with Crippen molar-refractivity contribution in [1.29, 1.82) is 5.26 Å². The topological polar surface area (TPSA) is 96.3 Å². The van der Waals surface area contributed by atoms with Crippen LogP contribution in [0.3, 0.4) is 0 Å². The lowest BCUT2D eigenvalue weighted by Crippen LogP contribution is -2.27. The minimum absolute atomic E-state index is 0.0781. The maximum absolute atomic E-state index is 12.1. The van der Waals surface area contributed by atoms with Crippen molar-refractivity contribution in [2.75, 3.05) is 6.54 Å². The number of carbonyl (C=O) groups is 1. The fourth-order valence-electron chi connectivity index (χ4n) is 1.69. The fraction of sp³-hybridized carbons (Fsp3) is 0.467. The Labute approximate surface area is 131 Å². The Balaban J connectivity index is 2.57. The van der Waals surface area contributed by atoms with E-state index in [-0.39, 0.29) is 17.9 Å². The van der Waals surface area contributed by atoms with E-state index in [1.165, 1.54) is 19.1 Å². The molecule has 0 spiro atoms. The van der Waals surface area contributed by atoms with Crippen molar-refractivity contribution in [3.63, 3.8) is 0 Å². The first-order valence-electron chi connectivity index (χ1n) is 6.95. The summed E-state index contributed by atoms with van der Waals surface area (Å²) in [6.07, 6.45) is -0.970. The molecule has 0 aromatic heterocycles. The number of nitrogens with one attached hydrogen (secondary N) is 1. The van der Waals surface area contributed by atoms with E-state index in [1.807, 2.05) is 13.8 Å². The highest BCUT2D eigenvalue weighted by Crippen LogP contribution is 2.17. The predicted molar refractivity (Wildman–Crippen MR) is 81.5 cm³/mol. The van der Waals surface area contributed by atoms with Gasteiger partial charge in [0.15, 0.2) is 6.10 Å². The van der Waals surface area contributed by atoms with Gasteiger partial charge in [0.2, 0.25) is 10.0 Å². The molecule has 6 nitrogen and oxygen atoms in total. The van der Waals surface area contributed by atoms with Crippen molar-refractivity contribution in [3.05, 3.63) is 29.8 Å². The average Bonchev–Trinajstić information content (AvgIpc) is 2.46. The number of hydrogen-bond acceptors (Lipinski definition) is 5. The number of nitrogens with zero attached hydrogens (tertiary/aromatic N) is 1. The molecule has 1 N–H and O–H groups in total. The Morgan fingerprint density at radius 3 is 2.36 bits per heavy atom. The van der Waals surface area contributed by atoms with Gasteiger partial charge in [0.25, 0.3) is 0 Å². The lowest BCUT2D eigenvalue weighted by atomic mass is 10.0. The summed E-state index contributed by atoms with van der Waals surface area (Å²) in [5, 5.41) is 8.51. The molecule has 0 aliphatic heterocycles. The van der Waals surface area contributed by atoms with Crippen LogP contribution in [0.25, 0.3) is 0 Å². The van der Waals surface area contributed by atoms with E-state index < -0.39 is 22.1 Å². The molecule has 1 aromatic rings. The molecule has 0 saturated carbocycles. The second kappa shape index (κ2) is 7.92. The van der Waals surface area contributed by atoms with Gasteiger partial charge in [-0.1, -0.05) is 26.0 Å². The number of hydrogen-bond donors (Lipinski definition) is 1. The van der Waals surface area contributed by atoms with Crippen molar-refractivity contribution in [2.24, 2.45) is 0 Å². The quantitative estimate of drug-likeness (QED) is 0.773. The average molecular weight is 324 g/mol. The molecule has 0 radical (unpaired) electrons. The van der Waals surface area contributed by atoms with Gasteiger partial charge in [-0.25, -0.2) is 13.1 Å². The lowest BCUT2D eigenvalue weighted by molar-refractivity contribution is -0.145. The Kier molecular flexibility index (Phi) is 6.53. The molecule has 0 heterocycles. The summed E-state index contributed by atoms with van der Waals surface area (Å²) in [6.45, 7) is 5.41. The lowest BCUT2D eigenvalue weighted by Gasteiger charge is -2.09. The largest absolute Gasteiger partial charge is 0.447 e. The maximum atomic E-state index is 12.1. The normalized spacial score (nSPS) is 12.7. The highest BCUT2D eigenvalue weighted by Gasteiger charge is 2.15. The van der Waals surface area contributed by atoms with E-state index >= 15 is 0 Å². The van der Waals surface area contributed by atoms with Gasteiger partial charge in [0, 0.05) is 6.54 Å². The molecule has 7 heteroatoms. The first-order chi connectivity index (χ1) is 10.3. The summed E-state index contributed by atoms with van der Waals surface area (Å²) < 4.78 is 31.2. The Hall–Kier alpha value is -1.91. The van der Waals surface area contributed by atoms with Crippen LogP contribution in [0.4, 0.5) is 0 Å². The van der Waals surface area contributed by atoms with Crippen LogP contribution in [0.1, 0.15) is 38.7 Å². The fourth-order valence-corrected chi connectivity index (χ4v) is 2.72. The van der Waals surface area contributed by atoms with E-state index in [1.54, 1.807) is 18.2 Å². The molecule has 0 fully saturated rings. The number of ether oxygens (including phenoxy) is 1. The number of sulfonamides is 1. The van der Waals surface area contributed by atoms with Gasteiger partial charge in [-0.05, 0) is 30.5 Å². The van der Waals surface area contributed by atoms with Gasteiger partial charge in [0.05, 0.1) is 11.3 Å². The smallest absolute Gasteiger partial charge is 0.308 e. The van der Waals surface area contributed by atoms with Crippen LogP contribution in [0.15, 0.2) is 29.2 Å². The summed E-state index contributed by atoms with van der Waals surface area (Å²) in [7, 11) is -3.66. The second-order valence-corrected chi connectivity index (χ2v) is 6.90. The molecular weight excluding hydrogens is 304 g/mol. The Bertz CT molecular complexity index is 645. The van der Waals surface area contributed by atoms with Crippen LogP contribution in [0.5, 0.6) is 0 Å². The van der Waals surface area contributed by atoms with Crippen LogP contribution in [-0.2, 0) is 19.6 Å². The molecule has 120 valence electrons. The molecular formula is C15H20N2O4S. The van der Waals surface area contributed by atoms with Crippen LogP contribution in [-0.4, -0.2) is 27.0 Å². The van der Waals surface area contributed by atoms with E-state index in [0.717, 1.165) is 5.56 Å². The van der Waals surface area contributed by atoms with Gasteiger partial charge in [0.1, 0.15) is 6.07 Å². The van der Waals surface area contributed by atoms with Crippen LogP contribution >= 0.6 is 0 Å². The third-order valence-electron chi connectivity index (χ3n) is 2.97. The van der Waals surface area contributed by atoms with Crippen molar-refractivity contribution in [2.45, 2.75) is 44.1 Å². The van der Waals surface area contributed by atoms with Gasteiger partial charge >= 0.3 is 5.97 Å². The molecule has 1 aromatic carbocycles. The molecule has 0 amide bonds. The van der Waals surface area contributed by atoms with Crippen LogP contribution < -0.4 is 4.72 Å². The van der Waals surface area contributed by atoms with Gasteiger partial charge in [-0.3, -0.25) is 4.79 Å². The summed E-state index contributed by atoms with van der Waals surface area (Å²) in [4.78, 5) is 11.5. The van der Waals surface area contributed by atoms with Gasteiger partial charge < -0.3 is 4.74 Å². The van der Waals surface area contributed by atoms with E-state index in [2.05, 4.69) is 4.72 Å². The first-order valence-corrected chi connectivity index (χ1v) is 8.43. The van der Waals surface area contributed by atoms with Crippen LogP contribution in [0, 0.1) is 11.3 Å². The highest BCUT2D eigenvalue weighted by molar-refractivity contribution is 7.89. The van der Waals surface area contributed by atoms with E-state index in [4.69, 9.17) is 10.00 Å². The van der Waals surface area contributed by atoms with Gasteiger partial charge in [-0.2, -0.15) is 5.26 Å². The number of nitriles is 1. The molecule has 0 unspecified atom stereocenters. The first kappa shape index (κ1) is 18.1. The number of esters is 1. The molecule has 22 heavy (non-hydrogen) atoms. The summed E-state index contributed by atoms with van der Waals surface area (Å²) >= 11 is 0. The Morgan fingerprint density at radius 2 is 1.86 bits per heavy atom. The second-order valence-electron chi connectivity index (χ2n) is 5.13. The van der Waals surface area contributed by atoms with Crippen molar-refractivity contribution in [3.8, 4) is 6.07 Å². The monoisotopic (exact) mass is 324 g/mol. The van der Waals surface area contributed by atoms with E-state index in [0.29, 0.717) is 5.92 Å². The summed E-state index contributed by atoms with van der Waals surface area (Å²) in [5.41, 5.74) is 1.05. The molecule has 0 aliphatic rings. The SMILES string of the molecule is CC(C)c1ccc(S(=O)(=O)NCCC(=O)O[C@H](C)C#N)cc1. The summed E-state index contributed by atoms with van der Waals surface area (Å²) in [6, 6.07) is 8.36. The van der Waals surface area contributed by atoms with Crippen molar-refractivity contribution >= 4 is 16.0 Å². The van der Waals surface area contributed by atoms with Crippen molar-refractivity contribution in [1.82, 2.24) is 4.72 Å². The highest BCUT2D eigenvalue weighted by atomic mass is 32.2. The third-order valence-corrected chi connectivity index (χ3v) is 4.45. The minimum Gasteiger partial charge on any atom is -0.447 e. The molecule has 0 bridgehead atoms. The molecule has 1 rings (SSSR count). The zero-order valence-electron chi connectivity index (χ0n) is 12.9. The third kappa shape index (κ3) is 5.47. The summed E-state index contributed by atoms with van der Waals surface area (Å²) in [5.74, 6) is -0.298. The molecule has 1 atom stereocenters. The minimum atomic E-state index is -3.66. The molecule has 0 saturated heterocycles.